The molecule has 1 aromatic carbocycles. The van der Waals surface area contributed by atoms with Crippen LogP contribution in [-0.2, 0) is 17.7 Å². The average Bonchev–Trinajstić information content (AvgIpc) is 3.76. The van der Waals surface area contributed by atoms with Gasteiger partial charge in [0.15, 0.2) is 11.6 Å². The summed E-state index contributed by atoms with van der Waals surface area (Å²) in [6.45, 7) is -0.109. The molecule has 13 nitrogen and oxygen atoms in total. The fraction of sp³-hybridized carbons (Fsp3) is 0.207. The molecule has 6 rings (SSSR count). The zero-order chi connectivity index (χ0) is 31.0. The Labute approximate surface area is 248 Å². The molecule has 5 aromatic rings. The lowest BCUT2D eigenvalue weighted by Crippen LogP contribution is -2.33. The zero-order valence-electron chi connectivity index (χ0n) is 23.4. The van der Waals surface area contributed by atoms with Crippen molar-refractivity contribution in [1.29, 1.82) is 0 Å². The number of amides is 2. The summed E-state index contributed by atoms with van der Waals surface area (Å²) in [5.41, 5.74) is 14.5. The number of carbonyl (C=O) groups excluding carboxylic acids is 2. The van der Waals surface area contributed by atoms with Crippen LogP contribution in [0.15, 0.2) is 54.9 Å². The molecule has 5 N–H and O–H groups in total. The number of pyridine rings is 2. The average molecular weight is 601 g/mol. The second-order valence-electron chi connectivity index (χ2n) is 10.1. The zero-order valence-corrected chi connectivity index (χ0v) is 23.4. The molecular weight excluding hydrogens is 574 g/mol. The molecule has 1 aliphatic rings. The van der Waals surface area contributed by atoms with Crippen LogP contribution in [-0.4, -0.2) is 54.9 Å². The van der Waals surface area contributed by atoms with E-state index in [-0.39, 0.29) is 59.4 Å². The van der Waals surface area contributed by atoms with Crippen LogP contribution in [0, 0.1) is 11.6 Å². The van der Waals surface area contributed by atoms with Gasteiger partial charge in [-0.15, -0.1) is 0 Å². The first-order valence-corrected chi connectivity index (χ1v) is 13.5. The van der Waals surface area contributed by atoms with Crippen molar-refractivity contribution < 1.29 is 23.1 Å². The molecule has 0 atom stereocenters. The molecule has 1 aliphatic carbocycles. The first-order chi connectivity index (χ1) is 21.2. The van der Waals surface area contributed by atoms with Crippen LogP contribution in [0.1, 0.15) is 40.2 Å². The Balaban J connectivity index is 1.36. The van der Waals surface area contributed by atoms with Crippen LogP contribution in [0.5, 0.6) is 0 Å². The summed E-state index contributed by atoms with van der Waals surface area (Å²) in [5, 5.41) is 7.37. The summed E-state index contributed by atoms with van der Waals surface area (Å²) >= 11 is 0. The quantitative estimate of drug-likeness (QED) is 0.239. The number of hydrogen-bond donors (Lipinski definition) is 3. The van der Waals surface area contributed by atoms with Crippen LogP contribution in [0.25, 0.3) is 17.0 Å². The summed E-state index contributed by atoms with van der Waals surface area (Å²) in [5.74, 6) is -1.94. The summed E-state index contributed by atoms with van der Waals surface area (Å²) in [4.78, 5) is 43.5. The van der Waals surface area contributed by atoms with Crippen molar-refractivity contribution >= 4 is 40.4 Å². The van der Waals surface area contributed by atoms with Gasteiger partial charge < -0.3 is 21.5 Å². The predicted octanol–water partition coefficient (Wildman–Crippen LogP) is 3.30. The number of ether oxygens (including phenoxy) is 1. The molecule has 0 saturated heterocycles. The first kappa shape index (κ1) is 28.4. The Morgan fingerprint density at radius 2 is 1.84 bits per heavy atom. The molecule has 2 amide bonds. The normalized spacial score (nSPS) is 12.7. The number of nitrogens with zero attached hydrogens (tertiary/aromatic N) is 7. The van der Waals surface area contributed by atoms with E-state index < -0.39 is 17.7 Å². The SMILES string of the molecule is COC(=O)N(Cc1ccnc(C(=O)NC2CC2)c1)c1c(N)nc(-n2nc(Cc3ccccc3F)c3ncc(F)cc32)nc1N. The van der Waals surface area contributed by atoms with Gasteiger partial charge in [0, 0.05) is 24.7 Å². The van der Waals surface area contributed by atoms with Crippen molar-refractivity contribution in [3.05, 3.63) is 89.0 Å². The number of halogens is 2. The summed E-state index contributed by atoms with van der Waals surface area (Å²) in [7, 11) is 1.19. The number of methoxy groups -OCH3 is 1. The Morgan fingerprint density at radius 3 is 2.55 bits per heavy atom. The minimum atomic E-state index is -0.816. The minimum absolute atomic E-state index is 0.0475. The van der Waals surface area contributed by atoms with Gasteiger partial charge in [-0.2, -0.15) is 19.7 Å². The van der Waals surface area contributed by atoms with E-state index in [0.29, 0.717) is 22.3 Å². The van der Waals surface area contributed by atoms with Crippen molar-refractivity contribution in [1.82, 2.24) is 35.0 Å². The monoisotopic (exact) mass is 600 g/mol. The molecule has 44 heavy (non-hydrogen) atoms. The highest BCUT2D eigenvalue weighted by atomic mass is 19.1. The maximum Gasteiger partial charge on any atom is 0.414 e. The van der Waals surface area contributed by atoms with E-state index in [1.165, 1.54) is 30.1 Å². The van der Waals surface area contributed by atoms with Crippen LogP contribution >= 0.6 is 0 Å². The van der Waals surface area contributed by atoms with Crippen molar-refractivity contribution in [3.63, 3.8) is 0 Å². The molecule has 15 heteroatoms. The van der Waals surface area contributed by atoms with E-state index >= 15 is 0 Å². The summed E-state index contributed by atoms with van der Waals surface area (Å²) in [6.07, 6.45) is 3.56. The Hall–Kier alpha value is -5.73. The Kier molecular flexibility index (Phi) is 7.43. The molecule has 0 spiro atoms. The number of benzene rings is 1. The summed E-state index contributed by atoms with van der Waals surface area (Å²) < 4.78 is 34.9. The Morgan fingerprint density at radius 1 is 1.09 bits per heavy atom. The third-order valence-corrected chi connectivity index (χ3v) is 6.96. The van der Waals surface area contributed by atoms with Gasteiger partial charge in [0.25, 0.3) is 11.9 Å². The number of nitrogens with one attached hydrogen (secondary N) is 1. The lowest BCUT2D eigenvalue weighted by atomic mass is 10.1. The lowest BCUT2D eigenvalue weighted by Gasteiger charge is -2.23. The van der Waals surface area contributed by atoms with E-state index in [0.717, 1.165) is 23.9 Å². The maximum absolute atomic E-state index is 14.4. The first-order valence-electron chi connectivity index (χ1n) is 13.5. The molecule has 0 aliphatic heterocycles. The highest BCUT2D eigenvalue weighted by Crippen LogP contribution is 2.32. The highest BCUT2D eigenvalue weighted by molar-refractivity contribution is 5.95. The summed E-state index contributed by atoms with van der Waals surface area (Å²) in [6, 6.07) is 10.7. The number of nitrogen functional groups attached to an aromatic ring is 2. The van der Waals surface area contributed by atoms with Crippen molar-refractivity contribution in [3.8, 4) is 5.95 Å². The molecule has 1 fully saturated rings. The van der Waals surface area contributed by atoms with Gasteiger partial charge in [-0.05, 0) is 42.2 Å². The predicted molar refractivity (Wildman–Crippen MR) is 156 cm³/mol. The third kappa shape index (κ3) is 5.66. The van der Waals surface area contributed by atoms with Gasteiger partial charge in [-0.1, -0.05) is 18.2 Å². The smallest absolute Gasteiger partial charge is 0.414 e. The fourth-order valence-electron chi connectivity index (χ4n) is 4.69. The van der Waals surface area contributed by atoms with Crippen molar-refractivity contribution in [2.24, 2.45) is 0 Å². The molecule has 1 saturated carbocycles. The largest absolute Gasteiger partial charge is 0.452 e. The van der Waals surface area contributed by atoms with Crippen molar-refractivity contribution in [2.45, 2.75) is 31.8 Å². The van der Waals surface area contributed by atoms with Gasteiger partial charge in [0.2, 0.25) is 0 Å². The van der Waals surface area contributed by atoms with Gasteiger partial charge in [0.1, 0.15) is 28.5 Å². The van der Waals surface area contributed by atoms with E-state index in [4.69, 9.17) is 16.2 Å². The topological polar surface area (TPSA) is 180 Å². The second-order valence-corrected chi connectivity index (χ2v) is 10.1. The van der Waals surface area contributed by atoms with Crippen LogP contribution in [0.3, 0.4) is 0 Å². The van der Waals surface area contributed by atoms with Crippen LogP contribution in [0.4, 0.5) is 30.9 Å². The maximum atomic E-state index is 14.4. The number of fused-ring (bicyclic) bond motifs is 1. The number of aromatic nitrogens is 6. The molecular formula is C29H26F2N10O3. The number of rotatable bonds is 8. The number of carbonyl (C=O) groups is 2. The number of nitrogens with two attached hydrogens (primary N) is 2. The van der Waals surface area contributed by atoms with E-state index in [1.807, 2.05) is 0 Å². The molecule has 224 valence electrons. The van der Waals surface area contributed by atoms with E-state index in [1.54, 1.807) is 30.3 Å². The van der Waals surface area contributed by atoms with Gasteiger partial charge in [-0.25, -0.2) is 18.6 Å². The van der Waals surface area contributed by atoms with E-state index in [2.05, 4.69) is 30.4 Å². The van der Waals surface area contributed by atoms with Gasteiger partial charge in [-0.3, -0.25) is 14.7 Å². The molecule has 4 heterocycles. The lowest BCUT2D eigenvalue weighted by molar-refractivity contribution is 0.0946. The second kappa shape index (κ2) is 11.5. The highest BCUT2D eigenvalue weighted by Gasteiger charge is 2.27. The van der Waals surface area contributed by atoms with Crippen LogP contribution < -0.4 is 21.7 Å². The van der Waals surface area contributed by atoms with Crippen LogP contribution in [0.2, 0.25) is 0 Å². The molecule has 4 aromatic heterocycles. The molecule has 0 unspecified atom stereocenters. The number of hydrogen-bond acceptors (Lipinski definition) is 10. The third-order valence-electron chi connectivity index (χ3n) is 6.96. The standard InChI is InChI=1S/C29H26F2N10O3/c1-44-29(43)40(14-15-8-9-34-21(10-15)27(42)36-18-6-7-18)24-25(32)37-28(38-26(24)33)41-22-12-17(30)13-35-23(22)20(39-41)11-16-4-2-3-5-19(16)31/h2-5,8-10,12-13,18H,6-7,11,14H2,1H3,(H,36,42)(H4,32,33,37,38). The Bertz CT molecular complexity index is 1890. The fourth-order valence-corrected chi connectivity index (χ4v) is 4.69. The van der Waals surface area contributed by atoms with Crippen molar-refractivity contribution in [2.75, 3.05) is 23.5 Å². The minimum Gasteiger partial charge on any atom is -0.452 e. The van der Waals surface area contributed by atoms with Gasteiger partial charge in [0.05, 0.1) is 31.1 Å². The molecule has 0 bridgehead atoms. The van der Waals surface area contributed by atoms with E-state index in [9.17, 15) is 18.4 Å². The van der Waals surface area contributed by atoms with Gasteiger partial charge >= 0.3 is 6.09 Å². The number of anilines is 3. The molecule has 0 radical (unpaired) electrons.